The molecule has 0 saturated heterocycles. The van der Waals surface area contributed by atoms with Gasteiger partial charge >= 0.3 is 0 Å². The first-order valence-corrected chi connectivity index (χ1v) is 6.61. The lowest BCUT2D eigenvalue weighted by Crippen LogP contribution is -2.29. The normalized spacial score (nSPS) is 15.5. The fourth-order valence-electron chi connectivity index (χ4n) is 2.17. The standard InChI is InChI=1S/C13H24N4/c1-10-13(11(2)17(3)16-10)6-7-14-8-9-15-12-4-5-12/h12,14-15H,4-9H2,1-3H3. The number of rotatable bonds is 7. The Morgan fingerprint density at radius 1 is 1.24 bits per heavy atom. The van der Waals surface area contributed by atoms with E-state index in [4.69, 9.17) is 0 Å². The van der Waals surface area contributed by atoms with Gasteiger partial charge in [-0.05, 0) is 45.2 Å². The van der Waals surface area contributed by atoms with E-state index in [1.165, 1.54) is 29.8 Å². The first kappa shape index (κ1) is 12.6. The van der Waals surface area contributed by atoms with Crippen molar-refractivity contribution in [1.82, 2.24) is 20.4 Å². The monoisotopic (exact) mass is 236 g/mol. The molecule has 1 aliphatic carbocycles. The van der Waals surface area contributed by atoms with E-state index in [0.29, 0.717) is 0 Å². The van der Waals surface area contributed by atoms with Gasteiger partial charge in [0.25, 0.3) is 0 Å². The largest absolute Gasteiger partial charge is 0.315 e. The van der Waals surface area contributed by atoms with Crippen LogP contribution in [0.5, 0.6) is 0 Å². The van der Waals surface area contributed by atoms with Crippen LogP contribution in [0.4, 0.5) is 0 Å². The molecule has 1 aromatic heterocycles. The highest BCUT2D eigenvalue weighted by Gasteiger charge is 2.19. The lowest BCUT2D eigenvalue weighted by atomic mass is 10.1. The van der Waals surface area contributed by atoms with E-state index in [-0.39, 0.29) is 0 Å². The Labute approximate surface area is 104 Å². The number of hydrogen-bond acceptors (Lipinski definition) is 3. The van der Waals surface area contributed by atoms with Gasteiger partial charge in [-0.1, -0.05) is 0 Å². The number of hydrogen-bond donors (Lipinski definition) is 2. The summed E-state index contributed by atoms with van der Waals surface area (Å²) in [5, 5.41) is 11.4. The molecule has 4 heteroatoms. The molecule has 0 unspecified atom stereocenters. The van der Waals surface area contributed by atoms with E-state index in [1.54, 1.807) is 0 Å². The SMILES string of the molecule is Cc1nn(C)c(C)c1CCNCCNC1CC1. The summed E-state index contributed by atoms with van der Waals surface area (Å²) in [5.41, 5.74) is 3.86. The Balaban J connectivity index is 1.63. The van der Waals surface area contributed by atoms with Crippen molar-refractivity contribution in [3.63, 3.8) is 0 Å². The van der Waals surface area contributed by atoms with E-state index in [0.717, 1.165) is 32.1 Å². The van der Waals surface area contributed by atoms with Crippen LogP contribution >= 0.6 is 0 Å². The molecule has 0 aromatic carbocycles. The number of aryl methyl sites for hydroxylation is 2. The Morgan fingerprint density at radius 2 is 2.00 bits per heavy atom. The van der Waals surface area contributed by atoms with Gasteiger partial charge in [0.15, 0.2) is 0 Å². The third kappa shape index (κ3) is 3.54. The minimum atomic E-state index is 0.819. The topological polar surface area (TPSA) is 41.9 Å². The second-order valence-corrected chi connectivity index (χ2v) is 5.00. The molecule has 1 aliphatic rings. The first-order valence-electron chi connectivity index (χ1n) is 6.61. The van der Waals surface area contributed by atoms with Crippen molar-refractivity contribution < 1.29 is 0 Å². The van der Waals surface area contributed by atoms with Crippen LogP contribution in [0.2, 0.25) is 0 Å². The van der Waals surface area contributed by atoms with Crippen LogP contribution in [0.25, 0.3) is 0 Å². The summed E-state index contributed by atoms with van der Waals surface area (Å²) in [7, 11) is 2.01. The van der Waals surface area contributed by atoms with Crippen molar-refractivity contribution in [3.05, 3.63) is 17.0 Å². The maximum absolute atomic E-state index is 4.43. The Kier molecular flexibility index (Phi) is 4.18. The second kappa shape index (κ2) is 5.65. The molecule has 0 atom stereocenters. The van der Waals surface area contributed by atoms with E-state index >= 15 is 0 Å². The van der Waals surface area contributed by atoms with Crippen molar-refractivity contribution in [2.75, 3.05) is 19.6 Å². The second-order valence-electron chi connectivity index (χ2n) is 5.00. The molecule has 0 aliphatic heterocycles. The molecule has 1 fully saturated rings. The van der Waals surface area contributed by atoms with Gasteiger partial charge < -0.3 is 10.6 Å². The van der Waals surface area contributed by atoms with Gasteiger partial charge in [0, 0.05) is 31.9 Å². The quantitative estimate of drug-likeness (QED) is 0.692. The summed E-state index contributed by atoms with van der Waals surface area (Å²) in [6, 6.07) is 0.819. The van der Waals surface area contributed by atoms with Gasteiger partial charge in [-0.15, -0.1) is 0 Å². The summed E-state index contributed by atoms with van der Waals surface area (Å²) in [6.07, 6.45) is 3.82. The van der Waals surface area contributed by atoms with Gasteiger partial charge in [0.05, 0.1) is 5.69 Å². The van der Waals surface area contributed by atoms with Crippen LogP contribution < -0.4 is 10.6 Å². The van der Waals surface area contributed by atoms with Crippen LogP contribution in [0, 0.1) is 13.8 Å². The molecule has 1 heterocycles. The van der Waals surface area contributed by atoms with Crippen molar-refractivity contribution in [1.29, 1.82) is 0 Å². The fraction of sp³-hybridized carbons (Fsp3) is 0.769. The van der Waals surface area contributed by atoms with Gasteiger partial charge in [-0.2, -0.15) is 5.10 Å². The minimum absolute atomic E-state index is 0.819. The maximum atomic E-state index is 4.43. The van der Waals surface area contributed by atoms with E-state index in [2.05, 4.69) is 29.6 Å². The Bertz CT molecular complexity index is 366. The first-order chi connectivity index (χ1) is 8.18. The third-order valence-electron chi connectivity index (χ3n) is 3.52. The summed E-state index contributed by atoms with van der Waals surface area (Å²) < 4.78 is 1.97. The van der Waals surface area contributed by atoms with Crippen LogP contribution in [0.15, 0.2) is 0 Å². The predicted molar refractivity (Wildman–Crippen MR) is 70.3 cm³/mol. The summed E-state index contributed by atoms with van der Waals surface area (Å²) in [6.45, 7) is 7.44. The third-order valence-corrected chi connectivity index (χ3v) is 3.52. The molecule has 96 valence electrons. The summed E-state index contributed by atoms with van der Waals surface area (Å²) in [5.74, 6) is 0. The molecular weight excluding hydrogens is 212 g/mol. The molecule has 2 rings (SSSR count). The molecule has 4 nitrogen and oxygen atoms in total. The molecular formula is C13H24N4. The minimum Gasteiger partial charge on any atom is -0.315 e. The zero-order chi connectivity index (χ0) is 12.3. The van der Waals surface area contributed by atoms with E-state index in [1.807, 2.05) is 11.7 Å². The maximum Gasteiger partial charge on any atom is 0.0628 e. The zero-order valence-electron chi connectivity index (χ0n) is 11.2. The Hall–Kier alpha value is -0.870. The van der Waals surface area contributed by atoms with E-state index < -0.39 is 0 Å². The Morgan fingerprint density at radius 3 is 2.59 bits per heavy atom. The predicted octanol–water partition coefficient (Wildman–Crippen LogP) is 0.921. The molecule has 2 N–H and O–H groups in total. The average Bonchev–Trinajstić information content (AvgIpc) is 3.07. The van der Waals surface area contributed by atoms with Crippen molar-refractivity contribution in [2.24, 2.45) is 7.05 Å². The molecule has 0 amide bonds. The van der Waals surface area contributed by atoms with E-state index in [9.17, 15) is 0 Å². The highest BCUT2D eigenvalue weighted by atomic mass is 15.3. The van der Waals surface area contributed by atoms with Crippen LogP contribution in [0.1, 0.15) is 29.8 Å². The van der Waals surface area contributed by atoms with Gasteiger partial charge in [-0.3, -0.25) is 4.68 Å². The number of nitrogens with one attached hydrogen (secondary N) is 2. The van der Waals surface area contributed by atoms with Gasteiger partial charge in [0.1, 0.15) is 0 Å². The van der Waals surface area contributed by atoms with Gasteiger partial charge in [-0.25, -0.2) is 0 Å². The number of nitrogens with zero attached hydrogens (tertiary/aromatic N) is 2. The van der Waals surface area contributed by atoms with Crippen molar-refractivity contribution in [2.45, 2.75) is 39.2 Å². The van der Waals surface area contributed by atoms with Crippen LogP contribution in [-0.4, -0.2) is 35.5 Å². The highest BCUT2D eigenvalue weighted by molar-refractivity contribution is 5.24. The smallest absolute Gasteiger partial charge is 0.0628 e. The molecule has 1 saturated carbocycles. The van der Waals surface area contributed by atoms with Crippen LogP contribution in [0.3, 0.4) is 0 Å². The molecule has 1 aromatic rings. The average molecular weight is 236 g/mol. The molecule has 0 radical (unpaired) electrons. The molecule has 0 spiro atoms. The summed E-state index contributed by atoms with van der Waals surface area (Å²) in [4.78, 5) is 0. The number of aromatic nitrogens is 2. The lowest BCUT2D eigenvalue weighted by molar-refractivity contribution is 0.608. The van der Waals surface area contributed by atoms with Crippen molar-refractivity contribution >= 4 is 0 Å². The fourth-order valence-corrected chi connectivity index (χ4v) is 2.17. The summed E-state index contributed by atoms with van der Waals surface area (Å²) >= 11 is 0. The molecule has 17 heavy (non-hydrogen) atoms. The van der Waals surface area contributed by atoms with Crippen LogP contribution in [-0.2, 0) is 13.5 Å². The lowest BCUT2D eigenvalue weighted by Gasteiger charge is -2.06. The highest BCUT2D eigenvalue weighted by Crippen LogP contribution is 2.17. The van der Waals surface area contributed by atoms with Gasteiger partial charge in [0.2, 0.25) is 0 Å². The van der Waals surface area contributed by atoms with Crippen molar-refractivity contribution in [3.8, 4) is 0 Å². The molecule has 0 bridgehead atoms. The zero-order valence-corrected chi connectivity index (χ0v) is 11.2.